The zero-order valence-corrected chi connectivity index (χ0v) is 9.79. The van der Waals surface area contributed by atoms with Crippen molar-refractivity contribution in [2.75, 3.05) is 40.4 Å². The number of hydrogen-bond donors (Lipinski definition) is 0. The molecule has 0 bridgehead atoms. The topological polar surface area (TPSA) is 15.7 Å². The fourth-order valence-electron chi connectivity index (χ4n) is 2.74. The lowest BCUT2D eigenvalue weighted by molar-refractivity contribution is -0.131. The van der Waals surface area contributed by atoms with Crippen LogP contribution in [0.4, 0.5) is 0 Å². The highest BCUT2D eigenvalue weighted by molar-refractivity contribution is 5.05. The van der Waals surface area contributed by atoms with Gasteiger partial charge in [-0.25, -0.2) is 0 Å². The Kier molecular flexibility index (Phi) is 2.58. The van der Waals surface area contributed by atoms with Gasteiger partial charge in [0, 0.05) is 30.6 Å². The van der Waals surface area contributed by atoms with Crippen LogP contribution in [0.25, 0.3) is 0 Å². The minimum Gasteiger partial charge on any atom is -0.380 e. The monoisotopic (exact) mass is 198 g/mol. The minimum atomic E-state index is 0.438. The van der Waals surface area contributed by atoms with Crippen LogP contribution in [-0.4, -0.2) is 62.3 Å². The van der Waals surface area contributed by atoms with Crippen LogP contribution in [0.3, 0.4) is 0 Å². The van der Waals surface area contributed by atoms with Gasteiger partial charge in [0.05, 0.1) is 13.2 Å². The first kappa shape index (κ1) is 10.4. The molecule has 0 aromatic carbocycles. The van der Waals surface area contributed by atoms with Gasteiger partial charge in [0.25, 0.3) is 0 Å². The third-order valence-electron chi connectivity index (χ3n) is 3.76. The van der Waals surface area contributed by atoms with Crippen molar-refractivity contribution in [1.29, 1.82) is 0 Å². The quantitative estimate of drug-likeness (QED) is 0.648. The zero-order chi connectivity index (χ0) is 10.3. The summed E-state index contributed by atoms with van der Waals surface area (Å²) in [5.41, 5.74) is 0.438. The molecule has 3 nitrogen and oxygen atoms in total. The smallest absolute Gasteiger partial charge is 0.0572 e. The maximum Gasteiger partial charge on any atom is 0.0572 e. The summed E-state index contributed by atoms with van der Waals surface area (Å²) < 4.78 is 5.42. The van der Waals surface area contributed by atoms with E-state index in [-0.39, 0.29) is 0 Å². The van der Waals surface area contributed by atoms with Crippen LogP contribution >= 0.6 is 0 Å². The Labute approximate surface area is 87.0 Å². The molecule has 2 fully saturated rings. The maximum atomic E-state index is 5.42. The molecule has 0 amide bonds. The fraction of sp³-hybridized carbons (Fsp3) is 1.00. The molecule has 2 rings (SSSR count). The van der Waals surface area contributed by atoms with E-state index in [9.17, 15) is 0 Å². The maximum absolute atomic E-state index is 5.42. The summed E-state index contributed by atoms with van der Waals surface area (Å²) in [6, 6.07) is 1.34. The molecule has 0 saturated carbocycles. The number of rotatable bonds is 2. The number of nitrogens with zero attached hydrogens (tertiary/aromatic N) is 2. The predicted molar refractivity (Wildman–Crippen MR) is 57.4 cm³/mol. The van der Waals surface area contributed by atoms with Crippen molar-refractivity contribution in [1.82, 2.24) is 9.80 Å². The van der Waals surface area contributed by atoms with Gasteiger partial charge < -0.3 is 9.64 Å². The first-order valence-electron chi connectivity index (χ1n) is 5.53. The van der Waals surface area contributed by atoms with Crippen molar-refractivity contribution in [3.8, 4) is 0 Å². The summed E-state index contributed by atoms with van der Waals surface area (Å²) in [5, 5.41) is 0. The fourth-order valence-corrected chi connectivity index (χ4v) is 2.74. The molecule has 0 aliphatic carbocycles. The van der Waals surface area contributed by atoms with Gasteiger partial charge in [0.1, 0.15) is 0 Å². The Morgan fingerprint density at radius 1 is 1.36 bits per heavy atom. The highest BCUT2D eigenvalue weighted by Crippen LogP contribution is 2.40. The molecule has 2 heterocycles. The van der Waals surface area contributed by atoms with Gasteiger partial charge in [0.2, 0.25) is 0 Å². The number of likely N-dealkylation sites (tertiary alicyclic amines) is 1. The third kappa shape index (κ3) is 1.47. The molecule has 14 heavy (non-hydrogen) atoms. The molecular formula is C11H22N2O. The summed E-state index contributed by atoms with van der Waals surface area (Å²) in [4.78, 5) is 4.94. The van der Waals surface area contributed by atoms with Gasteiger partial charge in [-0.1, -0.05) is 0 Å². The van der Waals surface area contributed by atoms with E-state index in [1.54, 1.807) is 0 Å². The highest BCUT2D eigenvalue weighted by Gasteiger charge is 2.52. The Morgan fingerprint density at radius 2 is 2.00 bits per heavy atom. The normalized spacial score (nSPS) is 31.7. The number of likely N-dealkylation sites (N-methyl/N-ethyl adjacent to an activating group) is 1. The van der Waals surface area contributed by atoms with Crippen molar-refractivity contribution >= 4 is 0 Å². The average Bonchev–Trinajstić information content (AvgIpc) is 2.42. The molecule has 2 aliphatic heterocycles. The summed E-state index contributed by atoms with van der Waals surface area (Å²) in [7, 11) is 4.38. The van der Waals surface area contributed by atoms with Crippen molar-refractivity contribution in [3.63, 3.8) is 0 Å². The van der Waals surface area contributed by atoms with Crippen molar-refractivity contribution in [2.24, 2.45) is 5.41 Å². The molecule has 0 aromatic heterocycles. The van der Waals surface area contributed by atoms with E-state index in [4.69, 9.17) is 4.74 Å². The van der Waals surface area contributed by atoms with Crippen LogP contribution in [-0.2, 0) is 4.74 Å². The second-order valence-electron chi connectivity index (χ2n) is 5.36. The third-order valence-corrected chi connectivity index (χ3v) is 3.76. The van der Waals surface area contributed by atoms with Gasteiger partial charge in [-0.05, 0) is 27.9 Å². The van der Waals surface area contributed by atoms with Crippen LogP contribution in [0.1, 0.15) is 13.8 Å². The molecule has 3 heteroatoms. The Morgan fingerprint density at radius 3 is 2.29 bits per heavy atom. The van der Waals surface area contributed by atoms with Crippen molar-refractivity contribution < 1.29 is 4.74 Å². The van der Waals surface area contributed by atoms with Crippen LogP contribution in [0, 0.1) is 5.41 Å². The van der Waals surface area contributed by atoms with E-state index in [0.717, 1.165) is 13.2 Å². The predicted octanol–water partition coefficient (Wildman–Crippen LogP) is 0.657. The molecule has 82 valence electrons. The second kappa shape index (κ2) is 3.47. The van der Waals surface area contributed by atoms with Gasteiger partial charge in [-0.2, -0.15) is 0 Å². The molecule has 1 spiro atoms. The summed E-state index contributed by atoms with van der Waals surface area (Å²) in [6.45, 7) is 8.90. The number of hydrogen-bond acceptors (Lipinski definition) is 3. The second-order valence-corrected chi connectivity index (χ2v) is 5.36. The lowest BCUT2D eigenvalue weighted by Gasteiger charge is -2.44. The van der Waals surface area contributed by atoms with E-state index < -0.39 is 0 Å². The average molecular weight is 198 g/mol. The lowest BCUT2D eigenvalue weighted by Crippen LogP contribution is -2.55. The minimum absolute atomic E-state index is 0.438. The summed E-state index contributed by atoms with van der Waals surface area (Å²) >= 11 is 0. The highest BCUT2D eigenvalue weighted by atomic mass is 16.5. The van der Waals surface area contributed by atoms with Crippen LogP contribution < -0.4 is 0 Å². The van der Waals surface area contributed by atoms with E-state index in [1.165, 1.54) is 13.1 Å². The molecule has 1 atom stereocenters. The van der Waals surface area contributed by atoms with E-state index in [0.29, 0.717) is 17.5 Å². The standard InChI is InChI=1S/C11H22N2O/c1-9(2)13-5-10(12(3)4)11(6-13)7-14-8-11/h9-10H,5-8H2,1-4H3. The van der Waals surface area contributed by atoms with Crippen molar-refractivity contribution in [2.45, 2.75) is 25.9 Å². The summed E-state index contributed by atoms with van der Waals surface area (Å²) in [5.74, 6) is 0. The zero-order valence-electron chi connectivity index (χ0n) is 9.79. The first-order valence-corrected chi connectivity index (χ1v) is 5.53. The van der Waals surface area contributed by atoms with E-state index in [1.807, 2.05) is 0 Å². The Hall–Kier alpha value is -0.120. The molecule has 1 unspecified atom stereocenters. The van der Waals surface area contributed by atoms with E-state index >= 15 is 0 Å². The Bertz CT molecular complexity index is 211. The molecule has 2 saturated heterocycles. The first-order chi connectivity index (χ1) is 6.55. The molecule has 2 aliphatic rings. The van der Waals surface area contributed by atoms with E-state index in [2.05, 4.69) is 37.7 Å². The molecule has 0 radical (unpaired) electrons. The van der Waals surface area contributed by atoms with Gasteiger partial charge in [0.15, 0.2) is 0 Å². The van der Waals surface area contributed by atoms with Crippen LogP contribution in [0.2, 0.25) is 0 Å². The van der Waals surface area contributed by atoms with Crippen molar-refractivity contribution in [3.05, 3.63) is 0 Å². The van der Waals surface area contributed by atoms with Gasteiger partial charge in [-0.15, -0.1) is 0 Å². The summed E-state index contributed by atoms with van der Waals surface area (Å²) in [6.07, 6.45) is 0. The van der Waals surface area contributed by atoms with Crippen LogP contribution in [0.15, 0.2) is 0 Å². The van der Waals surface area contributed by atoms with Crippen LogP contribution in [0.5, 0.6) is 0 Å². The SMILES string of the molecule is CC(C)N1CC(N(C)C)C2(COC2)C1. The lowest BCUT2D eigenvalue weighted by atomic mass is 9.80. The van der Waals surface area contributed by atoms with Gasteiger partial charge in [-0.3, -0.25) is 4.90 Å². The molecule has 0 N–H and O–H groups in total. The molecular weight excluding hydrogens is 176 g/mol. The Balaban J connectivity index is 2.09. The molecule has 0 aromatic rings. The number of ether oxygens (including phenoxy) is 1. The largest absolute Gasteiger partial charge is 0.380 e. The van der Waals surface area contributed by atoms with Gasteiger partial charge >= 0.3 is 0 Å².